The Morgan fingerprint density at radius 3 is 3.00 bits per heavy atom. The van der Waals surface area contributed by atoms with Crippen molar-refractivity contribution in [3.8, 4) is 0 Å². The van der Waals surface area contributed by atoms with Gasteiger partial charge in [-0.05, 0) is 36.1 Å². The van der Waals surface area contributed by atoms with Crippen LogP contribution < -0.4 is 5.32 Å². The summed E-state index contributed by atoms with van der Waals surface area (Å²) in [6.45, 7) is 5.89. The molecule has 3 atom stereocenters. The minimum absolute atomic E-state index is 0.156. The van der Waals surface area contributed by atoms with Gasteiger partial charge in [-0.2, -0.15) is 0 Å². The highest BCUT2D eigenvalue weighted by Gasteiger charge is 2.29. The average Bonchev–Trinajstić information content (AvgIpc) is 2.97. The number of aromatic nitrogens is 4. The molecule has 1 heterocycles. The first-order chi connectivity index (χ1) is 8.74. The third kappa shape index (κ3) is 2.87. The normalized spacial score (nSPS) is 25.5. The molecular weight excluding hydrogens is 230 g/mol. The molecule has 0 aliphatic heterocycles. The molecule has 0 radical (unpaired) electrons. The first-order valence-electron chi connectivity index (χ1n) is 6.74. The number of nitrogens with zero attached hydrogens (tertiary/aromatic N) is 4. The summed E-state index contributed by atoms with van der Waals surface area (Å²) in [7, 11) is 1.70. The van der Waals surface area contributed by atoms with Crippen molar-refractivity contribution in [1.82, 2.24) is 25.5 Å². The average molecular weight is 253 g/mol. The Morgan fingerprint density at radius 2 is 2.33 bits per heavy atom. The molecule has 2 rings (SSSR count). The van der Waals surface area contributed by atoms with Crippen LogP contribution in [0.1, 0.15) is 51.0 Å². The summed E-state index contributed by atoms with van der Waals surface area (Å²) in [5.74, 6) is 1.60. The Labute approximate surface area is 108 Å². The second-order valence-electron chi connectivity index (χ2n) is 5.13. The zero-order chi connectivity index (χ0) is 13.0. The maximum absolute atomic E-state index is 5.04. The van der Waals surface area contributed by atoms with E-state index in [0.717, 1.165) is 12.4 Å². The standard InChI is InChI=1S/C12H23N5O/c1-9-5-4-6-11(9)17-12(14-15-16-17)10(2)13-7-8-18-3/h9-11,13H,4-8H2,1-3H3. The largest absolute Gasteiger partial charge is 0.383 e. The molecule has 0 aromatic carbocycles. The summed E-state index contributed by atoms with van der Waals surface area (Å²) < 4.78 is 7.05. The van der Waals surface area contributed by atoms with Crippen LogP contribution in [0.2, 0.25) is 0 Å². The van der Waals surface area contributed by atoms with E-state index in [9.17, 15) is 0 Å². The lowest BCUT2D eigenvalue weighted by molar-refractivity contribution is 0.195. The molecule has 1 aromatic rings. The predicted octanol–water partition coefficient (Wildman–Crippen LogP) is 1.33. The Morgan fingerprint density at radius 1 is 1.50 bits per heavy atom. The van der Waals surface area contributed by atoms with Crippen molar-refractivity contribution >= 4 is 0 Å². The Hall–Kier alpha value is -1.01. The van der Waals surface area contributed by atoms with Gasteiger partial charge in [-0.3, -0.25) is 0 Å². The van der Waals surface area contributed by atoms with Crippen molar-refractivity contribution in [2.75, 3.05) is 20.3 Å². The molecular formula is C12H23N5O. The molecule has 3 unspecified atom stereocenters. The molecule has 0 amide bonds. The molecule has 0 spiro atoms. The summed E-state index contributed by atoms with van der Waals surface area (Å²) in [6.07, 6.45) is 3.73. The summed E-state index contributed by atoms with van der Waals surface area (Å²) in [5, 5.41) is 15.6. The van der Waals surface area contributed by atoms with E-state index in [1.54, 1.807) is 7.11 Å². The second kappa shape index (κ2) is 6.24. The van der Waals surface area contributed by atoms with Crippen LogP contribution in [0.3, 0.4) is 0 Å². The lowest BCUT2D eigenvalue weighted by Gasteiger charge is -2.20. The zero-order valence-corrected chi connectivity index (χ0v) is 11.5. The number of ether oxygens (including phenoxy) is 1. The van der Waals surface area contributed by atoms with Crippen molar-refractivity contribution in [2.45, 2.75) is 45.2 Å². The van der Waals surface area contributed by atoms with Gasteiger partial charge in [0.2, 0.25) is 0 Å². The lowest BCUT2D eigenvalue weighted by Crippen LogP contribution is -2.27. The fourth-order valence-electron chi connectivity index (χ4n) is 2.68. The molecule has 6 nitrogen and oxygen atoms in total. The maximum atomic E-state index is 5.04. The van der Waals surface area contributed by atoms with E-state index >= 15 is 0 Å². The highest BCUT2D eigenvalue weighted by atomic mass is 16.5. The maximum Gasteiger partial charge on any atom is 0.168 e. The molecule has 102 valence electrons. The van der Waals surface area contributed by atoms with Gasteiger partial charge in [0.05, 0.1) is 18.7 Å². The number of methoxy groups -OCH3 is 1. The highest BCUT2D eigenvalue weighted by molar-refractivity contribution is 4.94. The lowest BCUT2D eigenvalue weighted by atomic mass is 10.1. The fourth-order valence-corrected chi connectivity index (χ4v) is 2.68. The van der Waals surface area contributed by atoms with E-state index < -0.39 is 0 Å². The monoisotopic (exact) mass is 253 g/mol. The summed E-state index contributed by atoms with van der Waals surface area (Å²) in [4.78, 5) is 0. The smallest absolute Gasteiger partial charge is 0.168 e. The minimum atomic E-state index is 0.156. The van der Waals surface area contributed by atoms with E-state index in [-0.39, 0.29) is 6.04 Å². The van der Waals surface area contributed by atoms with Crippen molar-refractivity contribution in [3.63, 3.8) is 0 Å². The van der Waals surface area contributed by atoms with Crippen LogP contribution in [0.25, 0.3) is 0 Å². The van der Waals surface area contributed by atoms with Crippen LogP contribution in [-0.4, -0.2) is 40.5 Å². The van der Waals surface area contributed by atoms with Crippen molar-refractivity contribution in [3.05, 3.63) is 5.82 Å². The van der Waals surface area contributed by atoms with Crippen LogP contribution in [0.4, 0.5) is 0 Å². The van der Waals surface area contributed by atoms with Gasteiger partial charge in [0, 0.05) is 13.7 Å². The minimum Gasteiger partial charge on any atom is -0.383 e. The molecule has 1 N–H and O–H groups in total. The van der Waals surface area contributed by atoms with Crippen LogP contribution >= 0.6 is 0 Å². The van der Waals surface area contributed by atoms with Gasteiger partial charge in [0.15, 0.2) is 5.82 Å². The fraction of sp³-hybridized carbons (Fsp3) is 0.917. The Balaban J connectivity index is 2.02. The molecule has 18 heavy (non-hydrogen) atoms. The number of hydrogen-bond donors (Lipinski definition) is 1. The zero-order valence-electron chi connectivity index (χ0n) is 11.5. The molecule has 1 aromatic heterocycles. The first kappa shape index (κ1) is 13.4. The quantitative estimate of drug-likeness (QED) is 0.775. The second-order valence-corrected chi connectivity index (χ2v) is 5.13. The third-order valence-electron chi connectivity index (χ3n) is 3.79. The van der Waals surface area contributed by atoms with E-state index in [1.165, 1.54) is 19.3 Å². The third-order valence-corrected chi connectivity index (χ3v) is 3.79. The number of hydrogen-bond acceptors (Lipinski definition) is 5. The van der Waals surface area contributed by atoms with Crippen molar-refractivity contribution in [2.24, 2.45) is 5.92 Å². The van der Waals surface area contributed by atoms with E-state index in [1.807, 2.05) is 4.68 Å². The topological polar surface area (TPSA) is 64.9 Å². The van der Waals surface area contributed by atoms with Crippen LogP contribution in [0, 0.1) is 5.92 Å². The first-order valence-corrected chi connectivity index (χ1v) is 6.74. The Kier molecular flexibility index (Phi) is 4.66. The highest BCUT2D eigenvalue weighted by Crippen LogP contribution is 2.35. The molecule has 1 aliphatic rings. The van der Waals surface area contributed by atoms with Gasteiger partial charge < -0.3 is 10.1 Å². The van der Waals surface area contributed by atoms with Gasteiger partial charge in [-0.15, -0.1) is 5.10 Å². The molecule has 0 saturated heterocycles. The van der Waals surface area contributed by atoms with Crippen molar-refractivity contribution < 1.29 is 4.74 Å². The van der Waals surface area contributed by atoms with Gasteiger partial charge in [-0.1, -0.05) is 13.3 Å². The van der Waals surface area contributed by atoms with Gasteiger partial charge in [0.25, 0.3) is 0 Å². The van der Waals surface area contributed by atoms with Crippen molar-refractivity contribution in [1.29, 1.82) is 0 Å². The van der Waals surface area contributed by atoms with Gasteiger partial charge >= 0.3 is 0 Å². The Bertz CT molecular complexity index is 367. The number of tetrazole rings is 1. The summed E-state index contributed by atoms with van der Waals surface area (Å²) >= 11 is 0. The number of nitrogens with one attached hydrogen (secondary N) is 1. The van der Waals surface area contributed by atoms with E-state index in [0.29, 0.717) is 18.6 Å². The predicted molar refractivity (Wildman–Crippen MR) is 68.2 cm³/mol. The van der Waals surface area contributed by atoms with Crippen LogP contribution in [-0.2, 0) is 4.74 Å². The molecule has 1 saturated carbocycles. The molecule has 6 heteroatoms. The summed E-state index contributed by atoms with van der Waals surface area (Å²) in [6, 6.07) is 0.615. The van der Waals surface area contributed by atoms with Gasteiger partial charge in [0.1, 0.15) is 0 Å². The summed E-state index contributed by atoms with van der Waals surface area (Å²) in [5.41, 5.74) is 0. The molecule has 0 bridgehead atoms. The SMILES string of the molecule is COCCNC(C)c1nnnn1C1CCCC1C. The van der Waals surface area contributed by atoms with E-state index in [2.05, 4.69) is 34.7 Å². The van der Waals surface area contributed by atoms with E-state index in [4.69, 9.17) is 4.74 Å². The molecule has 1 aliphatic carbocycles. The van der Waals surface area contributed by atoms with Gasteiger partial charge in [-0.25, -0.2) is 4.68 Å². The number of rotatable bonds is 6. The molecule has 1 fully saturated rings. The van der Waals surface area contributed by atoms with Crippen LogP contribution in [0.5, 0.6) is 0 Å². The van der Waals surface area contributed by atoms with Crippen LogP contribution in [0.15, 0.2) is 0 Å².